The zero-order valence-corrected chi connectivity index (χ0v) is 26.7. The summed E-state index contributed by atoms with van der Waals surface area (Å²) in [4.78, 5) is 27.5. The molecule has 2 aromatic heterocycles. The summed E-state index contributed by atoms with van der Waals surface area (Å²) in [6, 6.07) is 12.9. The average Bonchev–Trinajstić information content (AvgIpc) is 2.97. The third-order valence-electron chi connectivity index (χ3n) is 7.72. The van der Waals surface area contributed by atoms with Crippen molar-refractivity contribution < 1.29 is 17.9 Å². The Kier molecular flexibility index (Phi) is 8.76. The molecule has 0 unspecified atom stereocenters. The van der Waals surface area contributed by atoms with Crippen molar-refractivity contribution in [1.82, 2.24) is 20.3 Å². The van der Waals surface area contributed by atoms with Gasteiger partial charge in [0.15, 0.2) is 11.6 Å². The summed E-state index contributed by atoms with van der Waals surface area (Å²) in [6.45, 7) is 9.89. The number of nitrogens with zero attached hydrogens (tertiary/aromatic N) is 3. The van der Waals surface area contributed by atoms with Crippen LogP contribution in [0.25, 0.3) is 11.0 Å². The van der Waals surface area contributed by atoms with Gasteiger partial charge in [-0.05, 0) is 85.8 Å². The molecule has 1 saturated heterocycles. The van der Waals surface area contributed by atoms with Crippen LogP contribution in [0.2, 0.25) is 0 Å². The molecule has 0 bridgehead atoms. The second kappa shape index (κ2) is 12.4. The molecule has 1 fully saturated rings. The number of pyridine rings is 1. The zero-order valence-electron chi connectivity index (χ0n) is 25.9. The highest BCUT2D eigenvalue weighted by Crippen LogP contribution is 2.39. The van der Waals surface area contributed by atoms with Gasteiger partial charge in [0.2, 0.25) is 10.0 Å². The lowest BCUT2D eigenvalue weighted by atomic mass is 9.86. The second-order valence-corrected chi connectivity index (χ2v) is 13.9. The molecular formula is C32H39N7O4S. The van der Waals surface area contributed by atoms with E-state index in [9.17, 15) is 13.2 Å². The second-order valence-electron chi connectivity index (χ2n) is 12.2. The number of ether oxygens (including phenoxy) is 1. The summed E-state index contributed by atoms with van der Waals surface area (Å²) >= 11 is 0. The molecule has 0 atom stereocenters. The SMILES string of the molecule is COc1c(NC(=O)c2ccc(C)c(Nc3ncnc4ccc(C5CCNCC5)nc34)c2)cc(C(C)(C)C)cc1NS(C)(=O)=O. The largest absolute Gasteiger partial charge is 0.492 e. The standard InChI is InChI=1S/C32H39N7O4S/c1-19-7-8-21(31(40)38-26-16-22(32(2,3)4)17-27(29(26)43-5)39-44(6,41)42)15-25(19)37-30-28-24(34-18-35-30)10-9-23(36-28)20-11-13-33-14-12-20/h7-10,15-18,20,33,39H,11-14H2,1-6H3,(H,38,40)(H,34,35,37). The highest BCUT2D eigenvalue weighted by Gasteiger charge is 2.23. The number of carbonyl (C=O) groups excluding carboxylic acids is 1. The molecule has 11 nitrogen and oxygen atoms in total. The molecule has 0 radical (unpaired) electrons. The Labute approximate surface area is 258 Å². The number of fused-ring (bicyclic) bond motifs is 1. The maximum atomic E-state index is 13.6. The topological polar surface area (TPSA) is 147 Å². The van der Waals surface area contributed by atoms with Crippen LogP contribution in [0.3, 0.4) is 0 Å². The van der Waals surface area contributed by atoms with E-state index in [1.807, 2.05) is 45.9 Å². The first kappa shape index (κ1) is 31.1. The van der Waals surface area contributed by atoms with Crippen LogP contribution < -0.4 is 25.4 Å². The van der Waals surface area contributed by atoms with Crippen molar-refractivity contribution in [2.24, 2.45) is 0 Å². The van der Waals surface area contributed by atoms with Crippen LogP contribution in [0.5, 0.6) is 5.75 Å². The summed E-state index contributed by atoms with van der Waals surface area (Å²) < 4.78 is 32.3. The zero-order chi connectivity index (χ0) is 31.6. The lowest BCUT2D eigenvalue weighted by Gasteiger charge is -2.24. The fourth-order valence-electron chi connectivity index (χ4n) is 5.26. The number of rotatable bonds is 8. The number of aryl methyl sites for hydroxylation is 1. The molecule has 232 valence electrons. The fraction of sp³-hybridized carbons (Fsp3) is 0.375. The van der Waals surface area contributed by atoms with Gasteiger partial charge in [0, 0.05) is 22.9 Å². The van der Waals surface area contributed by atoms with E-state index >= 15 is 0 Å². The molecule has 3 heterocycles. The Bertz CT molecular complexity index is 1810. The van der Waals surface area contributed by atoms with Crippen LogP contribution in [-0.4, -0.2) is 55.7 Å². The van der Waals surface area contributed by atoms with Gasteiger partial charge in [-0.2, -0.15) is 0 Å². The molecule has 1 amide bonds. The fourth-order valence-corrected chi connectivity index (χ4v) is 5.81. The predicted octanol–water partition coefficient (Wildman–Crippen LogP) is 5.47. The van der Waals surface area contributed by atoms with Gasteiger partial charge in [0.25, 0.3) is 5.91 Å². The number of aromatic nitrogens is 3. The minimum absolute atomic E-state index is 0.213. The number of amides is 1. The summed E-state index contributed by atoms with van der Waals surface area (Å²) in [5.41, 5.74) is 5.51. The number of hydrogen-bond donors (Lipinski definition) is 4. The van der Waals surface area contributed by atoms with Crippen LogP contribution in [-0.2, 0) is 15.4 Å². The van der Waals surface area contributed by atoms with E-state index in [1.165, 1.54) is 13.4 Å². The molecule has 1 aliphatic heterocycles. The maximum absolute atomic E-state index is 13.6. The molecule has 12 heteroatoms. The van der Waals surface area contributed by atoms with Crippen molar-refractivity contribution in [2.75, 3.05) is 41.8 Å². The smallest absolute Gasteiger partial charge is 0.255 e. The first-order valence-electron chi connectivity index (χ1n) is 14.5. The summed E-state index contributed by atoms with van der Waals surface area (Å²) in [5, 5.41) is 9.71. The average molecular weight is 618 g/mol. The molecule has 4 N–H and O–H groups in total. The number of anilines is 4. The van der Waals surface area contributed by atoms with Gasteiger partial charge in [0.05, 0.1) is 30.3 Å². The molecule has 1 aliphatic rings. The van der Waals surface area contributed by atoms with Gasteiger partial charge in [-0.3, -0.25) is 9.52 Å². The van der Waals surface area contributed by atoms with E-state index in [4.69, 9.17) is 9.72 Å². The van der Waals surface area contributed by atoms with Crippen molar-refractivity contribution in [3.63, 3.8) is 0 Å². The van der Waals surface area contributed by atoms with Crippen molar-refractivity contribution in [1.29, 1.82) is 0 Å². The van der Waals surface area contributed by atoms with Crippen LogP contribution in [0.1, 0.15) is 66.7 Å². The normalized spacial score (nSPS) is 14.3. The lowest BCUT2D eigenvalue weighted by Crippen LogP contribution is -2.27. The number of methoxy groups -OCH3 is 1. The van der Waals surface area contributed by atoms with E-state index in [1.54, 1.807) is 24.3 Å². The molecule has 2 aromatic carbocycles. The Balaban J connectivity index is 1.47. The number of benzene rings is 2. The molecule has 0 aliphatic carbocycles. The number of nitrogens with one attached hydrogen (secondary N) is 4. The van der Waals surface area contributed by atoms with Crippen LogP contribution in [0.15, 0.2) is 48.8 Å². The number of piperidine rings is 1. The van der Waals surface area contributed by atoms with Crippen LogP contribution in [0, 0.1) is 6.92 Å². The molecule has 0 saturated carbocycles. The lowest BCUT2D eigenvalue weighted by molar-refractivity contribution is 0.102. The third-order valence-corrected chi connectivity index (χ3v) is 8.31. The monoisotopic (exact) mass is 617 g/mol. The van der Waals surface area contributed by atoms with Gasteiger partial charge in [-0.1, -0.05) is 26.8 Å². The maximum Gasteiger partial charge on any atom is 0.255 e. The van der Waals surface area contributed by atoms with Crippen molar-refractivity contribution in [2.45, 2.75) is 51.9 Å². The molecule has 4 aromatic rings. The Hall–Kier alpha value is -4.29. The minimum Gasteiger partial charge on any atom is -0.492 e. The third kappa shape index (κ3) is 7.08. The Morgan fingerprint density at radius 2 is 1.73 bits per heavy atom. The van der Waals surface area contributed by atoms with Gasteiger partial charge in [-0.25, -0.2) is 23.4 Å². The van der Waals surface area contributed by atoms with E-state index < -0.39 is 10.0 Å². The first-order chi connectivity index (χ1) is 20.8. The number of carbonyl (C=O) groups is 1. The van der Waals surface area contributed by atoms with E-state index in [0.717, 1.165) is 54.5 Å². The quantitative estimate of drug-likeness (QED) is 0.202. The number of sulfonamides is 1. The Morgan fingerprint density at radius 3 is 2.41 bits per heavy atom. The molecule has 0 spiro atoms. The molecular weight excluding hydrogens is 578 g/mol. The van der Waals surface area contributed by atoms with Crippen LogP contribution in [0.4, 0.5) is 22.9 Å². The van der Waals surface area contributed by atoms with Gasteiger partial charge >= 0.3 is 0 Å². The minimum atomic E-state index is -3.60. The van der Waals surface area contributed by atoms with Crippen molar-refractivity contribution in [3.8, 4) is 5.75 Å². The van der Waals surface area contributed by atoms with Crippen molar-refractivity contribution in [3.05, 3.63) is 71.2 Å². The van der Waals surface area contributed by atoms with Crippen molar-refractivity contribution >= 4 is 49.8 Å². The van der Waals surface area contributed by atoms with Gasteiger partial charge < -0.3 is 20.7 Å². The first-order valence-corrected chi connectivity index (χ1v) is 16.4. The van der Waals surface area contributed by atoms with E-state index in [2.05, 4.69) is 30.6 Å². The highest BCUT2D eigenvalue weighted by molar-refractivity contribution is 7.92. The molecule has 44 heavy (non-hydrogen) atoms. The van der Waals surface area contributed by atoms with E-state index in [-0.39, 0.29) is 22.8 Å². The highest BCUT2D eigenvalue weighted by atomic mass is 32.2. The van der Waals surface area contributed by atoms with Crippen LogP contribution >= 0.6 is 0 Å². The molecule has 5 rings (SSSR count). The number of hydrogen-bond acceptors (Lipinski definition) is 9. The Morgan fingerprint density at radius 1 is 1.00 bits per heavy atom. The van der Waals surface area contributed by atoms with E-state index in [0.29, 0.717) is 34.2 Å². The summed E-state index contributed by atoms with van der Waals surface area (Å²) in [7, 11) is -2.17. The summed E-state index contributed by atoms with van der Waals surface area (Å²) in [5.74, 6) is 0.763. The van der Waals surface area contributed by atoms with Gasteiger partial charge in [0.1, 0.15) is 11.8 Å². The summed E-state index contributed by atoms with van der Waals surface area (Å²) in [6.07, 6.45) is 4.62. The van der Waals surface area contributed by atoms with Gasteiger partial charge in [-0.15, -0.1) is 0 Å². The predicted molar refractivity (Wildman–Crippen MR) is 175 cm³/mol.